The number of benzene rings is 2. The van der Waals surface area contributed by atoms with Crippen molar-refractivity contribution in [3.05, 3.63) is 70.6 Å². The molecule has 0 saturated carbocycles. The second kappa shape index (κ2) is 6.39. The van der Waals surface area contributed by atoms with Crippen LogP contribution in [-0.2, 0) is 17.5 Å². The van der Waals surface area contributed by atoms with Crippen LogP contribution in [-0.4, -0.2) is 15.7 Å². The normalized spacial score (nSPS) is 11.5. The summed E-state index contributed by atoms with van der Waals surface area (Å²) in [4.78, 5) is 24.3. The van der Waals surface area contributed by atoms with Gasteiger partial charge in [0, 0.05) is 11.1 Å². The number of anilines is 1. The first-order valence-corrected chi connectivity index (χ1v) is 7.26. The van der Waals surface area contributed by atoms with Crippen molar-refractivity contribution in [3.63, 3.8) is 0 Å². The minimum absolute atomic E-state index is 0.201. The summed E-state index contributed by atoms with van der Waals surface area (Å²) in [5, 5.41) is 7.46. The van der Waals surface area contributed by atoms with Gasteiger partial charge in [0.05, 0.1) is 17.1 Å². The van der Waals surface area contributed by atoms with E-state index >= 15 is 0 Å². The highest BCUT2D eigenvalue weighted by atomic mass is 19.4. The van der Waals surface area contributed by atoms with Gasteiger partial charge in [0.1, 0.15) is 6.54 Å². The van der Waals surface area contributed by atoms with Crippen molar-refractivity contribution in [1.82, 2.24) is 9.78 Å². The van der Waals surface area contributed by atoms with Gasteiger partial charge in [-0.1, -0.05) is 18.2 Å². The maximum atomic E-state index is 12.5. The second-order valence-electron chi connectivity index (χ2n) is 5.32. The van der Waals surface area contributed by atoms with Gasteiger partial charge in [-0.2, -0.15) is 18.3 Å². The van der Waals surface area contributed by atoms with Crippen LogP contribution < -0.4 is 10.9 Å². The van der Waals surface area contributed by atoms with Crippen molar-refractivity contribution < 1.29 is 18.0 Å². The van der Waals surface area contributed by atoms with Crippen LogP contribution in [0.1, 0.15) is 5.56 Å². The smallest absolute Gasteiger partial charge is 0.324 e. The molecule has 0 aliphatic carbocycles. The lowest BCUT2D eigenvalue weighted by atomic mass is 10.2. The standard InChI is InChI=1S/C17H12F3N3O2/c18-17(19,20)12-5-7-13(8-6-12)22-15(24)10-23-16(25)14-4-2-1-3-11(14)9-21-23/h1-9H,10H2,(H,22,24). The molecule has 0 aliphatic rings. The molecule has 1 heterocycles. The summed E-state index contributed by atoms with van der Waals surface area (Å²) >= 11 is 0. The van der Waals surface area contributed by atoms with E-state index in [4.69, 9.17) is 0 Å². The first kappa shape index (κ1) is 16.7. The number of hydrogen-bond acceptors (Lipinski definition) is 3. The molecule has 1 aromatic heterocycles. The summed E-state index contributed by atoms with van der Waals surface area (Å²) in [5.74, 6) is -0.565. The molecule has 0 radical (unpaired) electrons. The summed E-state index contributed by atoms with van der Waals surface area (Å²) < 4.78 is 38.5. The van der Waals surface area contributed by atoms with Crippen molar-refractivity contribution in [3.8, 4) is 0 Å². The van der Waals surface area contributed by atoms with Crippen molar-refractivity contribution in [2.24, 2.45) is 0 Å². The lowest BCUT2D eigenvalue weighted by Crippen LogP contribution is -2.29. The van der Waals surface area contributed by atoms with Gasteiger partial charge in [0.25, 0.3) is 5.56 Å². The third-order valence-electron chi connectivity index (χ3n) is 3.55. The number of alkyl halides is 3. The Hall–Kier alpha value is -3.16. The van der Waals surface area contributed by atoms with Crippen molar-refractivity contribution in [1.29, 1.82) is 0 Å². The zero-order chi connectivity index (χ0) is 18.0. The van der Waals surface area contributed by atoms with E-state index in [1.807, 2.05) is 0 Å². The molecule has 1 N–H and O–H groups in total. The van der Waals surface area contributed by atoms with E-state index in [2.05, 4.69) is 10.4 Å². The fourth-order valence-corrected chi connectivity index (χ4v) is 2.32. The minimum Gasteiger partial charge on any atom is -0.324 e. The Labute approximate surface area is 139 Å². The zero-order valence-electron chi connectivity index (χ0n) is 12.7. The molecule has 0 aliphatic heterocycles. The maximum Gasteiger partial charge on any atom is 0.416 e. The topological polar surface area (TPSA) is 64.0 Å². The molecule has 0 fully saturated rings. The van der Waals surface area contributed by atoms with Crippen LogP contribution in [0.3, 0.4) is 0 Å². The van der Waals surface area contributed by atoms with Gasteiger partial charge in [-0.3, -0.25) is 9.59 Å². The second-order valence-corrected chi connectivity index (χ2v) is 5.32. The number of hydrogen-bond donors (Lipinski definition) is 1. The Kier molecular flexibility index (Phi) is 4.26. The van der Waals surface area contributed by atoms with Crippen molar-refractivity contribution in [2.75, 3.05) is 5.32 Å². The molecule has 0 atom stereocenters. The summed E-state index contributed by atoms with van der Waals surface area (Å²) in [6.07, 6.45) is -2.97. The molecule has 5 nitrogen and oxygen atoms in total. The fourth-order valence-electron chi connectivity index (χ4n) is 2.32. The summed E-state index contributed by atoms with van der Waals surface area (Å²) in [6, 6.07) is 10.9. The van der Waals surface area contributed by atoms with Gasteiger partial charge in [-0.15, -0.1) is 0 Å². The first-order valence-electron chi connectivity index (χ1n) is 7.26. The van der Waals surface area contributed by atoms with E-state index in [0.717, 1.165) is 28.9 Å². The Morgan fingerprint density at radius 2 is 1.76 bits per heavy atom. The van der Waals surface area contributed by atoms with Crippen LogP contribution in [0.15, 0.2) is 59.5 Å². The average Bonchev–Trinajstić information content (AvgIpc) is 2.57. The van der Waals surface area contributed by atoms with E-state index < -0.39 is 23.2 Å². The molecule has 1 amide bonds. The van der Waals surface area contributed by atoms with Gasteiger partial charge in [-0.05, 0) is 30.3 Å². The van der Waals surface area contributed by atoms with Crippen LogP contribution in [0.4, 0.5) is 18.9 Å². The number of aromatic nitrogens is 2. The van der Waals surface area contributed by atoms with Crippen LogP contribution in [0.2, 0.25) is 0 Å². The Bertz CT molecular complexity index is 979. The Morgan fingerprint density at radius 3 is 2.44 bits per heavy atom. The highest BCUT2D eigenvalue weighted by molar-refractivity contribution is 5.90. The van der Waals surface area contributed by atoms with Crippen LogP contribution in [0.5, 0.6) is 0 Å². The number of rotatable bonds is 3. The third-order valence-corrected chi connectivity index (χ3v) is 3.55. The number of fused-ring (bicyclic) bond motifs is 1. The summed E-state index contributed by atoms with van der Waals surface area (Å²) in [5.41, 5.74) is -1.02. The molecule has 8 heteroatoms. The van der Waals surface area contributed by atoms with E-state index in [1.165, 1.54) is 6.20 Å². The molecular weight excluding hydrogens is 335 g/mol. The molecular formula is C17H12F3N3O2. The van der Waals surface area contributed by atoms with Crippen molar-refractivity contribution in [2.45, 2.75) is 12.7 Å². The number of nitrogens with zero attached hydrogens (tertiary/aromatic N) is 2. The van der Waals surface area contributed by atoms with E-state index in [0.29, 0.717) is 10.8 Å². The fraction of sp³-hybridized carbons (Fsp3) is 0.118. The summed E-state index contributed by atoms with van der Waals surface area (Å²) in [6.45, 7) is -0.343. The third kappa shape index (κ3) is 3.68. The maximum absolute atomic E-state index is 12.5. The first-order chi connectivity index (χ1) is 11.8. The van der Waals surface area contributed by atoms with Gasteiger partial charge < -0.3 is 5.32 Å². The van der Waals surface area contributed by atoms with Crippen LogP contribution >= 0.6 is 0 Å². The zero-order valence-corrected chi connectivity index (χ0v) is 12.7. The van der Waals surface area contributed by atoms with Gasteiger partial charge in [-0.25, -0.2) is 4.68 Å². The Morgan fingerprint density at radius 1 is 1.08 bits per heavy atom. The quantitative estimate of drug-likeness (QED) is 0.792. The van der Waals surface area contributed by atoms with Crippen molar-refractivity contribution >= 4 is 22.4 Å². The molecule has 0 saturated heterocycles. The SMILES string of the molecule is O=C(Cn1ncc2ccccc2c1=O)Nc1ccc(C(F)(F)F)cc1. The molecule has 3 rings (SSSR count). The van der Waals surface area contributed by atoms with Crippen LogP contribution in [0.25, 0.3) is 10.8 Å². The van der Waals surface area contributed by atoms with Gasteiger partial charge in [0.15, 0.2) is 0 Å². The van der Waals surface area contributed by atoms with E-state index in [1.54, 1.807) is 24.3 Å². The number of amides is 1. The molecule has 0 bridgehead atoms. The van der Waals surface area contributed by atoms with Gasteiger partial charge in [0.2, 0.25) is 5.91 Å². The molecule has 128 valence electrons. The molecule has 3 aromatic rings. The number of carbonyl (C=O) groups is 1. The molecule has 0 spiro atoms. The van der Waals surface area contributed by atoms with Crippen LogP contribution in [0, 0.1) is 0 Å². The van der Waals surface area contributed by atoms with Gasteiger partial charge >= 0.3 is 6.18 Å². The number of halogens is 3. The largest absolute Gasteiger partial charge is 0.416 e. The number of carbonyl (C=O) groups excluding carboxylic acids is 1. The monoisotopic (exact) mass is 347 g/mol. The molecule has 0 unspecified atom stereocenters. The lowest BCUT2D eigenvalue weighted by Gasteiger charge is -2.09. The number of nitrogens with one attached hydrogen (secondary N) is 1. The van der Waals surface area contributed by atoms with E-state index in [9.17, 15) is 22.8 Å². The predicted molar refractivity (Wildman–Crippen MR) is 86.1 cm³/mol. The molecule has 2 aromatic carbocycles. The lowest BCUT2D eigenvalue weighted by molar-refractivity contribution is -0.137. The highest BCUT2D eigenvalue weighted by Gasteiger charge is 2.29. The summed E-state index contributed by atoms with van der Waals surface area (Å²) in [7, 11) is 0. The highest BCUT2D eigenvalue weighted by Crippen LogP contribution is 2.29. The Balaban J connectivity index is 1.75. The molecule has 25 heavy (non-hydrogen) atoms. The van der Waals surface area contributed by atoms with E-state index in [-0.39, 0.29) is 12.2 Å². The average molecular weight is 347 g/mol. The predicted octanol–water partition coefficient (Wildman–Crippen LogP) is 3.05. The minimum atomic E-state index is -4.44.